The summed E-state index contributed by atoms with van der Waals surface area (Å²) in [6, 6.07) is 15.9. The summed E-state index contributed by atoms with van der Waals surface area (Å²) in [6.07, 6.45) is 2.02. The van der Waals surface area contributed by atoms with E-state index >= 15 is 0 Å². The third-order valence-corrected chi connectivity index (χ3v) is 4.69. The molecule has 1 aliphatic rings. The zero-order valence-electron chi connectivity index (χ0n) is 11.8. The number of ether oxygens (including phenoxy) is 1. The molecule has 1 heterocycles. The van der Waals surface area contributed by atoms with Gasteiger partial charge in [-0.25, -0.2) is 0 Å². The van der Waals surface area contributed by atoms with Crippen LogP contribution in [0.4, 0.5) is 0 Å². The number of nitrogens with one attached hydrogen (secondary N) is 1. The molecule has 110 valence electrons. The SMILES string of the molecule is Cc1ccc(Oc2cccc(/C=C3/SC(=S)NC3=S)c2)cc1. The van der Waals surface area contributed by atoms with Gasteiger partial charge in [-0.2, -0.15) is 0 Å². The highest BCUT2D eigenvalue weighted by molar-refractivity contribution is 8.27. The van der Waals surface area contributed by atoms with Crippen molar-refractivity contribution < 1.29 is 4.74 Å². The number of thiocarbonyl (C=S) groups is 2. The van der Waals surface area contributed by atoms with Gasteiger partial charge >= 0.3 is 0 Å². The van der Waals surface area contributed by atoms with Crippen LogP contribution in [0.2, 0.25) is 0 Å². The lowest BCUT2D eigenvalue weighted by Gasteiger charge is -2.07. The van der Waals surface area contributed by atoms with E-state index in [0.717, 1.165) is 22.0 Å². The number of rotatable bonds is 3. The molecule has 0 radical (unpaired) electrons. The maximum Gasteiger partial charge on any atom is 0.143 e. The zero-order valence-corrected chi connectivity index (χ0v) is 14.3. The van der Waals surface area contributed by atoms with E-state index in [4.69, 9.17) is 29.2 Å². The van der Waals surface area contributed by atoms with Crippen molar-refractivity contribution >= 4 is 51.6 Å². The smallest absolute Gasteiger partial charge is 0.143 e. The Morgan fingerprint density at radius 3 is 2.50 bits per heavy atom. The molecule has 0 aromatic heterocycles. The Morgan fingerprint density at radius 2 is 1.82 bits per heavy atom. The van der Waals surface area contributed by atoms with Crippen LogP contribution in [-0.2, 0) is 0 Å². The summed E-state index contributed by atoms with van der Waals surface area (Å²) >= 11 is 11.8. The van der Waals surface area contributed by atoms with Crippen LogP contribution in [0.1, 0.15) is 11.1 Å². The second kappa shape index (κ2) is 6.60. The van der Waals surface area contributed by atoms with Crippen LogP contribution in [0, 0.1) is 6.92 Å². The highest BCUT2D eigenvalue weighted by Crippen LogP contribution is 2.28. The highest BCUT2D eigenvalue weighted by atomic mass is 32.2. The lowest BCUT2D eigenvalue weighted by Crippen LogP contribution is -2.15. The molecule has 22 heavy (non-hydrogen) atoms. The quantitative estimate of drug-likeness (QED) is 0.618. The summed E-state index contributed by atoms with van der Waals surface area (Å²) in [5.41, 5.74) is 2.24. The topological polar surface area (TPSA) is 21.3 Å². The maximum atomic E-state index is 5.88. The first-order valence-electron chi connectivity index (χ1n) is 6.69. The highest BCUT2D eigenvalue weighted by Gasteiger charge is 2.18. The Labute approximate surface area is 144 Å². The van der Waals surface area contributed by atoms with Crippen LogP contribution in [0.5, 0.6) is 11.5 Å². The summed E-state index contributed by atoms with van der Waals surface area (Å²) in [6.45, 7) is 2.05. The van der Waals surface area contributed by atoms with Gasteiger partial charge in [-0.3, -0.25) is 0 Å². The molecule has 0 unspecified atom stereocenters. The molecule has 3 rings (SSSR count). The molecule has 0 spiro atoms. The molecule has 1 fully saturated rings. The lowest BCUT2D eigenvalue weighted by molar-refractivity contribution is 0.482. The zero-order chi connectivity index (χ0) is 15.5. The molecular weight excluding hydrogens is 330 g/mol. The Hall–Kier alpha value is -1.69. The van der Waals surface area contributed by atoms with Crippen molar-refractivity contribution in [3.8, 4) is 11.5 Å². The van der Waals surface area contributed by atoms with E-state index in [1.165, 1.54) is 17.3 Å². The number of thioether (sulfide) groups is 1. The minimum atomic E-state index is 0.680. The van der Waals surface area contributed by atoms with Gasteiger partial charge in [-0.15, -0.1) is 0 Å². The van der Waals surface area contributed by atoms with Crippen molar-refractivity contribution in [1.29, 1.82) is 0 Å². The molecule has 0 bridgehead atoms. The number of hydrogen-bond donors (Lipinski definition) is 1. The Balaban J connectivity index is 1.81. The molecule has 2 aromatic carbocycles. The van der Waals surface area contributed by atoms with Crippen LogP contribution in [0.15, 0.2) is 53.4 Å². The first-order chi connectivity index (χ1) is 10.6. The van der Waals surface area contributed by atoms with Crippen LogP contribution < -0.4 is 10.1 Å². The Morgan fingerprint density at radius 1 is 1.05 bits per heavy atom. The normalized spacial score (nSPS) is 16.0. The van der Waals surface area contributed by atoms with Crippen LogP contribution >= 0.6 is 36.2 Å². The molecule has 1 N–H and O–H groups in total. The first kappa shape index (κ1) is 15.2. The molecule has 2 nitrogen and oxygen atoms in total. The molecule has 0 aliphatic carbocycles. The lowest BCUT2D eigenvalue weighted by atomic mass is 10.2. The van der Waals surface area contributed by atoms with Gasteiger partial charge in [0, 0.05) is 4.91 Å². The fraction of sp³-hybridized carbons (Fsp3) is 0.0588. The molecule has 1 aliphatic heterocycles. The standard InChI is InChI=1S/C17H13NOS3/c1-11-5-7-13(8-6-11)19-14-4-2-3-12(9-14)10-15-16(20)18-17(21)22-15/h2-10H,1H3,(H,18,20,21)/b15-10+. The van der Waals surface area contributed by atoms with Gasteiger partial charge in [0.25, 0.3) is 0 Å². The Bertz CT molecular complexity index is 766. The van der Waals surface area contributed by atoms with Crippen molar-refractivity contribution in [2.24, 2.45) is 0 Å². The van der Waals surface area contributed by atoms with E-state index in [1.807, 2.05) is 54.6 Å². The summed E-state index contributed by atoms with van der Waals surface area (Å²) in [4.78, 5) is 1.65. The van der Waals surface area contributed by atoms with Crippen molar-refractivity contribution in [3.05, 3.63) is 64.6 Å². The number of aryl methyl sites for hydroxylation is 1. The third-order valence-electron chi connectivity index (χ3n) is 3.05. The molecule has 0 amide bonds. The van der Waals surface area contributed by atoms with Crippen molar-refractivity contribution in [3.63, 3.8) is 0 Å². The molecular formula is C17H13NOS3. The maximum absolute atomic E-state index is 5.88. The summed E-state index contributed by atoms with van der Waals surface area (Å²) < 4.78 is 6.57. The first-order valence-corrected chi connectivity index (χ1v) is 8.33. The number of hydrogen-bond acceptors (Lipinski definition) is 4. The monoisotopic (exact) mass is 343 g/mol. The van der Waals surface area contributed by atoms with E-state index < -0.39 is 0 Å². The van der Waals surface area contributed by atoms with Gasteiger partial charge < -0.3 is 10.1 Å². The van der Waals surface area contributed by atoms with Crippen molar-refractivity contribution in [2.75, 3.05) is 0 Å². The number of benzene rings is 2. The molecule has 1 saturated heterocycles. The average molecular weight is 343 g/mol. The van der Waals surface area contributed by atoms with E-state index in [-0.39, 0.29) is 0 Å². The van der Waals surface area contributed by atoms with Crippen LogP contribution in [0.3, 0.4) is 0 Å². The summed E-state index contributed by atoms with van der Waals surface area (Å²) in [7, 11) is 0. The molecule has 5 heteroatoms. The minimum absolute atomic E-state index is 0.680. The Kier molecular flexibility index (Phi) is 4.57. The van der Waals surface area contributed by atoms with E-state index in [1.54, 1.807) is 0 Å². The van der Waals surface area contributed by atoms with Gasteiger partial charge in [0.2, 0.25) is 0 Å². The fourth-order valence-corrected chi connectivity index (χ4v) is 3.46. The fourth-order valence-electron chi connectivity index (χ4n) is 1.98. The predicted molar refractivity (Wildman–Crippen MR) is 102 cm³/mol. The molecule has 2 aromatic rings. The average Bonchev–Trinajstić information content (AvgIpc) is 2.80. The minimum Gasteiger partial charge on any atom is -0.457 e. The van der Waals surface area contributed by atoms with Gasteiger partial charge in [-0.1, -0.05) is 66.0 Å². The third kappa shape index (κ3) is 3.74. The second-order valence-corrected chi connectivity index (χ2v) is 6.97. The van der Waals surface area contributed by atoms with E-state index in [2.05, 4.69) is 12.2 Å². The second-order valence-electron chi connectivity index (χ2n) is 4.84. The molecule has 0 atom stereocenters. The van der Waals surface area contributed by atoms with Gasteiger partial charge in [0.15, 0.2) is 0 Å². The van der Waals surface area contributed by atoms with Crippen molar-refractivity contribution in [2.45, 2.75) is 6.92 Å². The van der Waals surface area contributed by atoms with E-state index in [0.29, 0.717) is 9.31 Å². The predicted octanol–water partition coefficient (Wildman–Crippen LogP) is 5.08. The largest absolute Gasteiger partial charge is 0.457 e. The van der Waals surface area contributed by atoms with Crippen LogP contribution in [0.25, 0.3) is 6.08 Å². The molecule has 0 saturated carbocycles. The summed E-state index contributed by atoms with van der Waals surface area (Å²) in [5, 5.41) is 2.97. The van der Waals surface area contributed by atoms with Gasteiger partial charge in [-0.05, 0) is 42.8 Å². The van der Waals surface area contributed by atoms with Gasteiger partial charge in [0.05, 0.1) is 0 Å². The van der Waals surface area contributed by atoms with Gasteiger partial charge in [0.1, 0.15) is 20.8 Å². The summed E-state index contributed by atoms with van der Waals surface area (Å²) in [5.74, 6) is 1.62. The van der Waals surface area contributed by atoms with Crippen molar-refractivity contribution in [1.82, 2.24) is 5.32 Å². The van der Waals surface area contributed by atoms with E-state index in [9.17, 15) is 0 Å². The van der Waals surface area contributed by atoms with Crippen LogP contribution in [-0.4, -0.2) is 9.31 Å².